The molecular weight excluding hydrogens is 356 g/mol. The van der Waals surface area contributed by atoms with Gasteiger partial charge in [0.05, 0.1) is 32.3 Å². The van der Waals surface area contributed by atoms with Crippen LogP contribution in [0.25, 0.3) is 0 Å². The molecule has 0 saturated carbocycles. The van der Waals surface area contributed by atoms with E-state index in [1.807, 2.05) is 25.1 Å². The highest BCUT2D eigenvalue weighted by atomic mass is 16.5. The molecule has 3 aromatic rings. The summed E-state index contributed by atoms with van der Waals surface area (Å²) in [6, 6.07) is 13.4. The summed E-state index contributed by atoms with van der Waals surface area (Å²) in [6.07, 6.45) is 2.97. The van der Waals surface area contributed by atoms with Crippen molar-refractivity contribution in [1.82, 2.24) is 9.97 Å². The normalized spacial score (nSPS) is 10.2. The summed E-state index contributed by atoms with van der Waals surface area (Å²) in [7, 11) is 3.09. The molecule has 28 heavy (non-hydrogen) atoms. The largest absolute Gasteiger partial charge is 0.497 e. The molecule has 1 aromatic heterocycles. The predicted molar refractivity (Wildman–Crippen MR) is 108 cm³/mol. The van der Waals surface area contributed by atoms with Gasteiger partial charge in [0.15, 0.2) is 0 Å². The van der Waals surface area contributed by atoms with Crippen LogP contribution in [0.3, 0.4) is 0 Å². The van der Waals surface area contributed by atoms with Gasteiger partial charge in [-0.05, 0) is 24.6 Å². The van der Waals surface area contributed by atoms with Crippen molar-refractivity contribution in [1.29, 1.82) is 0 Å². The van der Waals surface area contributed by atoms with Crippen LogP contribution in [-0.4, -0.2) is 30.1 Å². The smallest absolute Gasteiger partial charge is 0.275 e. The molecule has 0 aliphatic carbocycles. The van der Waals surface area contributed by atoms with Crippen LogP contribution in [0.4, 0.5) is 11.5 Å². The highest BCUT2D eigenvalue weighted by Crippen LogP contribution is 2.29. The maximum absolute atomic E-state index is 12.5. The van der Waals surface area contributed by atoms with E-state index in [4.69, 9.17) is 9.47 Å². The van der Waals surface area contributed by atoms with Gasteiger partial charge in [-0.2, -0.15) is 0 Å². The Hall–Kier alpha value is -3.61. The summed E-state index contributed by atoms with van der Waals surface area (Å²) in [5, 5.41) is 5.96. The number of amides is 1. The summed E-state index contributed by atoms with van der Waals surface area (Å²) in [5.41, 5.74) is 3.04. The maximum Gasteiger partial charge on any atom is 0.275 e. The second kappa shape index (κ2) is 8.85. The number of nitrogens with one attached hydrogen (secondary N) is 2. The third kappa shape index (κ3) is 4.76. The van der Waals surface area contributed by atoms with Gasteiger partial charge >= 0.3 is 0 Å². The minimum Gasteiger partial charge on any atom is -0.497 e. The molecule has 144 valence electrons. The van der Waals surface area contributed by atoms with Crippen LogP contribution in [0.5, 0.6) is 11.5 Å². The first-order valence-electron chi connectivity index (χ1n) is 8.74. The molecule has 0 spiro atoms. The standard InChI is InChI=1S/C21H22N4O3/c1-14-5-4-6-15(9-14)11-23-20-13-22-18(12-24-20)21(26)25-17-10-16(27-2)7-8-19(17)28-3/h4-10,12-13H,11H2,1-3H3,(H,23,24)(H,25,26). The van der Waals surface area contributed by atoms with Gasteiger partial charge < -0.3 is 20.1 Å². The van der Waals surface area contributed by atoms with E-state index in [1.54, 1.807) is 25.3 Å². The van der Waals surface area contributed by atoms with Crippen molar-refractivity contribution in [3.63, 3.8) is 0 Å². The van der Waals surface area contributed by atoms with E-state index in [1.165, 1.54) is 25.1 Å². The second-order valence-corrected chi connectivity index (χ2v) is 6.15. The molecule has 0 bridgehead atoms. The van der Waals surface area contributed by atoms with Crippen molar-refractivity contribution in [2.75, 3.05) is 24.9 Å². The van der Waals surface area contributed by atoms with Gasteiger partial charge in [-0.3, -0.25) is 4.79 Å². The van der Waals surface area contributed by atoms with Crippen molar-refractivity contribution in [2.45, 2.75) is 13.5 Å². The van der Waals surface area contributed by atoms with Crippen molar-refractivity contribution in [3.05, 3.63) is 71.7 Å². The van der Waals surface area contributed by atoms with E-state index in [9.17, 15) is 4.79 Å². The molecule has 2 N–H and O–H groups in total. The molecule has 3 rings (SSSR count). The highest BCUT2D eigenvalue weighted by Gasteiger charge is 2.12. The zero-order valence-electron chi connectivity index (χ0n) is 16.0. The molecule has 0 unspecified atom stereocenters. The average Bonchev–Trinajstić information content (AvgIpc) is 2.72. The Bertz CT molecular complexity index is 958. The Morgan fingerprint density at radius 2 is 1.89 bits per heavy atom. The van der Waals surface area contributed by atoms with Gasteiger partial charge in [0, 0.05) is 12.6 Å². The van der Waals surface area contributed by atoms with Crippen molar-refractivity contribution < 1.29 is 14.3 Å². The highest BCUT2D eigenvalue weighted by molar-refractivity contribution is 6.03. The molecule has 0 atom stereocenters. The topological polar surface area (TPSA) is 85.4 Å². The van der Waals surface area contributed by atoms with E-state index in [-0.39, 0.29) is 11.6 Å². The van der Waals surface area contributed by atoms with E-state index in [0.717, 1.165) is 5.56 Å². The van der Waals surface area contributed by atoms with Gasteiger partial charge in [-0.25, -0.2) is 9.97 Å². The number of carbonyl (C=O) groups excluding carboxylic acids is 1. The quantitative estimate of drug-likeness (QED) is 0.653. The fraction of sp³-hybridized carbons (Fsp3) is 0.190. The number of carbonyl (C=O) groups is 1. The first kappa shape index (κ1) is 19.2. The molecule has 0 saturated heterocycles. The number of methoxy groups -OCH3 is 2. The zero-order chi connectivity index (χ0) is 19.9. The maximum atomic E-state index is 12.5. The second-order valence-electron chi connectivity index (χ2n) is 6.15. The van der Waals surface area contributed by atoms with Crippen LogP contribution in [0.2, 0.25) is 0 Å². The lowest BCUT2D eigenvalue weighted by molar-refractivity contribution is 0.102. The predicted octanol–water partition coefficient (Wildman–Crippen LogP) is 3.67. The van der Waals surface area contributed by atoms with Crippen LogP contribution in [0, 0.1) is 6.92 Å². The average molecular weight is 378 g/mol. The molecule has 1 amide bonds. The first-order chi connectivity index (χ1) is 13.6. The number of anilines is 2. The van der Waals surface area contributed by atoms with Gasteiger partial charge in [0.25, 0.3) is 5.91 Å². The fourth-order valence-electron chi connectivity index (χ4n) is 2.65. The Labute approximate surface area is 163 Å². The minimum atomic E-state index is -0.385. The molecule has 7 heteroatoms. The van der Waals surface area contributed by atoms with Crippen LogP contribution in [-0.2, 0) is 6.54 Å². The molecular formula is C21H22N4O3. The number of ether oxygens (including phenoxy) is 2. The van der Waals surface area contributed by atoms with E-state index in [2.05, 4.69) is 26.7 Å². The number of aryl methyl sites for hydroxylation is 1. The zero-order valence-corrected chi connectivity index (χ0v) is 16.0. The molecule has 2 aromatic carbocycles. The Morgan fingerprint density at radius 3 is 2.57 bits per heavy atom. The Kier molecular flexibility index (Phi) is 6.06. The number of aromatic nitrogens is 2. The lowest BCUT2D eigenvalue weighted by Gasteiger charge is -2.11. The summed E-state index contributed by atoms with van der Waals surface area (Å²) in [4.78, 5) is 20.9. The number of hydrogen-bond donors (Lipinski definition) is 2. The SMILES string of the molecule is COc1ccc(OC)c(NC(=O)c2cnc(NCc3cccc(C)c3)cn2)c1. The van der Waals surface area contributed by atoms with Crippen LogP contribution in [0.15, 0.2) is 54.9 Å². The van der Waals surface area contributed by atoms with Crippen molar-refractivity contribution >= 4 is 17.4 Å². The Balaban J connectivity index is 1.65. The lowest BCUT2D eigenvalue weighted by atomic mass is 10.1. The van der Waals surface area contributed by atoms with Gasteiger partial charge in [0.2, 0.25) is 0 Å². The van der Waals surface area contributed by atoms with Gasteiger partial charge in [-0.1, -0.05) is 29.8 Å². The number of benzene rings is 2. The minimum absolute atomic E-state index is 0.200. The number of nitrogens with zero attached hydrogens (tertiary/aromatic N) is 2. The van der Waals surface area contributed by atoms with Crippen molar-refractivity contribution in [3.8, 4) is 11.5 Å². The van der Waals surface area contributed by atoms with E-state index < -0.39 is 0 Å². The molecule has 0 fully saturated rings. The monoisotopic (exact) mass is 378 g/mol. The molecule has 0 aliphatic rings. The summed E-state index contributed by atoms with van der Waals surface area (Å²) < 4.78 is 10.5. The van der Waals surface area contributed by atoms with E-state index >= 15 is 0 Å². The third-order valence-electron chi connectivity index (χ3n) is 4.10. The van der Waals surface area contributed by atoms with Gasteiger partial charge in [-0.15, -0.1) is 0 Å². The van der Waals surface area contributed by atoms with Crippen LogP contribution >= 0.6 is 0 Å². The fourth-order valence-corrected chi connectivity index (χ4v) is 2.65. The number of hydrogen-bond acceptors (Lipinski definition) is 6. The molecule has 0 aliphatic heterocycles. The molecule has 7 nitrogen and oxygen atoms in total. The third-order valence-corrected chi connectivity index (χ3v) is 4.10. The molecule has 1 heterocycles. The molecule has 0 radical (unpaired) electrons. The summed E-state index contributed by atoms with van der Waals surface area (Å²) >= 11 is 0. The van der Waals surface area contributed by atoms with Crippen LogP contribution in [0.1, 0.15) is 21.6 Å². The number of rotatable bonds is 7. The summed E-state index contributed by atoms with van der Waals surface area (Å²) in [6.45, 7) is 2.68. The van der Waals surface area contributed by atoms with Gasteiger partial charge in [0.1, 0.15) is 23.0 Å². The summed E-state index contributed by atoms with van der Waals surface area (Å²) in [5.74, 6) is 1.35. The van der Waals surface area contributed by atoms with Crippen molar-refractivity contribution in [2.24, 2.45) is 0 Å². The van der Waals surface area contributed by atoms with Crippen LogP contribution < -0.4 is 20.1 Å². The lowest BCUT2D eigenvalue weighted by Crippen LogP contribution is -2.15. The first-order valence-corrected chi connectivity index (χ1v) is 8.74. The van der Waals surface area contributed by atoms with E-state index in [0.29, 0.717) is 29.5 Å². The Morgan fingerprint density at radius 1 is 1.04 bits per heavy atom.